The number of benzene rings is 1. The van der Waals surface area contributed by atoms with E-state index in [1.54, 1.807) is 27.2 Å². The van der Waals surface area contributed by atoms with E-state index in [1.165, 1.54) is 6.20 Å². The number of H-pyrrole nitrogens is 1. The predicted molar refractivity (Wildman–Crippen MR) is 76.9 cm³/mol. The number of nitrogens with one attached hydrogen (secondary N) is 1. The molecule has 0 unspecified atom stereocenters. The number of carbonyl (C=O) groups is 1. The van der Waals surface area contributed by atoms with E-state index < -0.39 is 5.97 Å². The van der Waals surface area contributed by atoms with Gasteiger partial charge in [0.05, 0.1) is 27.0 Å². The third-order valence-electron chi connectivity index (χ3n) is 2.91. The molecule has 1 aromatic carbocycles. The van der Waals surface area contributed by atoms with Crippen LogP contribution in [0.3, 0.4) is 0 Å². The standard InChI is InChI=1S/C15H18N2O4/c1-4-21-15(18)13-9-16-14(17-13)7-10-5-11(19-2)8-12(6-10)20-3/h5-6,8-9H,4,7H2,1-3H3,(H,16,17). The number of hydrogen-bond donors (Lipinski definition) is 1. The normalized spacial score (nSPS) is 10.2. The van der Waals surface area contributed by atoms with Gasteiger partial charge in [0, 0.05) is 12.5 Å². The highest BCUT2D eigenvalue weighted by Gasteiger charge is 2.11. The number of nitrogens with zero attached hydrogens (tertiary/aromatic N) is 1. The van der Waals surface area contributed by atoms with Gasteiger partial charge in [-0.25, -0.2) is 9.78 Å². The smallest absolute Gasteiger partial charge is 0.356 e. The number of imidazole rings is 1. The van der Waals surface area contributed by atoms with Crippen molar-refractivity contribution >= 4 is 5.97 Å². The highest BCUT2D eigenvalue weighted by Crippen LogP contribution is 2.23. The quantitative estimate of drug-likeness (QED) is 0.826. The van der Waals surface area contributed by atoms with Crippen molar-refractivity contribution in [2.45, 2.75) is 13.3 Å². The van der Waals surface area contributed by atoms with Gasteiger partial charge >= 0.3 is 5.97 Å². The van der Waals surface area contributed by atoms with E-state index in [0.29, 0.717) is 36.0 Å². The number of methoxy groups -OCH3 is 2. The monoisotopic (exact) mass is 290 g/mol. The van der Waals surface area contributed by atoms with Crippen LogP contribution in [0.25, 0.3) is 0 Å². The SMILES string of the molecule is CCOC(=O)c1cnc(Cc2cc(OC)cc(OC)c2)[nH]1. The van der Waals surface area contributed by atoms with Crippen molar-refractivity contribution in [1.29, 1.82) is 0 Å². The van der Waals surface area contributed by atoms with E-state index in [9.17, 15) is 4.79 Å². The number of esters is 1. The zero-order chi connectivity index (χ0) is 15.2. The van der Waals surface area contributed by atoms with Crippen LogP contribution in [0.1, 0.15) is 28.8 Å². The second kappa shape index (κ2) is 6.78. The number of aromatic nitrogens is 2. The van der Waals surface area contributed by atoms with Gasteiger partial charge in [0.15, 0.2) is 0 Å². The first-order valence-electron chi connectivity index (χ1n) is 6.59. The van der Waals surface area contributed by atoms with Crippen molar-refractivity contribution in [3.63, 3.8) is 0 Å². The second-order valence-corrected chi connectivity index (χ2v) is 4.36. The molecule has 2 aromatic rings. The molecule has 21 heavy (non-hydrogen) atoms. The molecule has 0 amide bonds. The Morgan fingerprint density at radius 2 is 1.86 bits per heavy atom. The summed E-state index contributed by atoms with van der Waals surface area (Å²) in [6, 6.07) is 5.60. The molecule has 0 radical (unpaired) electrons. The van der Waals surface area contributed by atoms with Crippen molar-refractivity contribution in [3.8, 4) is 11.5 Å². The second-order valence-electron chi connectivity index (χ2n) is 4.36. The van der Waals surface area contributed by atoms with Crippen LogP contribution in [-0.4, -0.2) is 36.8 Å². The molecule has 0 bridgehead atoms. The fraction of sp³-hybridized carbons (Fsp3) is 0.333. The average Bonchev–Trinajstić information content (AvgIpc) is 2.95. The molecule has 0 spiro atoms. The summed E-state index contributed by atoms with van der Waals surface area (Å²) >= 11 is 0. The molecule has 0 aliphatic carbocycles. The van der Waals surface area contributed by atoms with E-state index >= 15 is 0 Å². The lowest BCUT2D eigenvalue weighted by atomic mass is 10.1. The lowest BCUT2D eigenvalue weighted by Gasteiger charge is -2.07. The van der Waals surface area contributed by atoms with Crippen LogP contribution in [-0.2, 0) is 11.2 Å². The number of carbonyl (C=O) groups excluding carboxylic acids is 1. The first kappa shape index (κ1) is 14.9. The maximum absolute atomic E-state index is 11.6. The molecule has 0 aliphatic rings. The molecule has 2 rings (SSSR count). The van der Waals surface area contributed by atoms with Crippen LogP contribution in [0.15, 0.2) is 24.4 Å². The Morgan fingerprint density at radius 1 is 1.19 bits per heavy atom. The van der Waals surface area contributed by atoms with Crippen LogP contribution in [0.5, 0.6) is 11.5 Å². The Balaban J connectivity index is 2.16. The summed E-state index contributed by atoms with van der Waals surface area (Å²) in [7, 11) is 3.20. The van der Waals surface area contributed by atoms with Crippen molar-refractivity contribution in [3.05, 3.63) is 41.5 Å². The van der Waals surface area contributed by atoms with Crippen LogP contribution in [0.4, 0.5) is 0 Å². The fourth-order valence-corrected chi connectivity index (χ4v) is 1.93. The maximum Gasteiger partial charge on any atom is 0.356 e. The minimum atomic E-state index is -0.403. The van der Waals surface area contributed by atoms with Crippen LogP contribution in [0.2, 0.25) is 0 Å². The zero-order valence-electron chi connectivity index (χ0n) is 12.3. The maximum atomic E-state index is 11.6. The van der Waals surface area contributed by atoms with Crippen LogP contribution >= 0.6 is 0 Å². The van der Waals surface area contributed by atoms with Gasteiger partial charge in [-0.15, -0.1) is 0 Å². The Morgan fingerprint density at radius 3 is 2.43 bits per heavy atom. The third-order valence-corrected chi connectivity index (χ3v) is 2.91. The third kappa shape index (κ3) is 3.75. The van der Waals surface area contributed by atoms with E-state index in [4.69, 9.17) is 14.2 Å². The lowest BCUT2D eigenvalue weighted by molar-refractivity contribution is 0.0520. The largest absolute Gasteiger partial charge is 0.497 e. The molecular formula is C15H18N2O4. The molecule has 6 heteroatoms. The summed E-state index contributed by atoms with van der Waals surface area (Å²) in [5, 5.41) is 0. The number of aromatic amines is 1. The molecule has 1 aromatic heterocycles. The Labute approximate surface area is 123 Å². The van der Waals surface area contributed by atoms with Gasteiger partial charge in [-0.1, -0.05) is 0 Å². The molecule has 1 heterocycles. The predicted octanol–water partition coefficient (Wildman–Crippen LogP) is 2.19. The minimum Gasteiger partial charge on any atom is -0.497 e. The summed E-state index contributed by atoms with van der Waals surface area (Å²) < 4.78 is 15.4. The summed E-state index contributed by atoms with van der Waals surface area (Å²) in [6.45, 7) is 2.10. The molecule has 0 aliphatic heterocycles. The summed E-state index contributed by atoms with van der Waals surface area (Å²) in [5.41, 5.74) is 1.32. The Hall–Kier alpha value is -2.50. The summed E-state index contributed by atoms with van der Waals surface area (Å²) in [6.07, 6.45) is 2.01. The molecule has 6 nitrogen and oxygen atoms in total. The number of hydrogen-bond acceptors (Lipinski definition) is 5. The van der Waals surface area contributed by atoms with Crippen molar-refractivity contribution in [2.24, 2.45) is 0 Å². The van der Waals surface area contributed by atoms with Crippen molar-refractivity contribution in [2.75, 3.05) is 20.8 Å². The molecule has 0 saturated heterocycles. The van der Waals surface area contributed by atoms with Crippen molar-refractivity contribution < 1.29 is 19.0 Å². The number of rotatable bonds is 6. The Kier molecular flexibility index (Phi) is 4.81. The highest BCUT2D eigenvalue weighted by molar-refractivity contribution is 5.86. The van der Waals surface area contributed by atoms with E-state index in [-0.39, 0.29) is 0 Å². The molecule has 0 saturated carbocycles. The zero-order valence-corrected chi connectivity index (χ0v) is 12.3. The summed E-state index contributed by atoms with van der Waals surface area (Å²) in [4.78, 5) is 18.7. The van der Waals surface area contributed by atoms with Gasteiger partial charge in [0.2, 0.25) is 0 Å². The topological polar surface area (TPSA) is 73.4 Å². The summed E-state index contributed by atoms with van der Waals surface area (Å²) in [5.74, 6) is 1.69. The van der Waals surface area contributed by atoms with E-state index in [0.717, 1.165) is 5.56 Å². The van der Waals surface area contributed by atoms with Gasteiger partial charge < -0.3 is 19.2 Å². The molecule has 112 valence electrons. The molecule has 1 N–H and O–H groups in total. The van der Waals surface area contributed by atoms with Gasteiger partial charge in [-0.3, -0.25) is 0 Å². The molecular weight excluding hydrogens is 272 g/mol. The highest BCUT2D eigenvalue weighted by atomic mass is 16.5. The first-order valence-corrected chi connectivity index (χ1v) is 6.59. The molecule has 0 fully saturated rings. The molecule has 0 atom stereocenters. The van der Waals surface area contributed by atoms with Gasteiger partial charge in [-0.05, 0) is 24.6 Å². The Bertz CT molecular complexity index is 600. The number of ether oxygens (including phenoxy) is 3. The van der Waals surface area contributed by atoms with Crippen LogP contribution in [0, 0.1) is 0 Å². The van der Waals surface area contributed by atoms with Gasteiger partial charge in [0.25, 0.3) is 0 Å². The lowest BCUT2D eigenvalue weighted by Crippen LogP contribution is -2.05. The van der Waals surface area contributed by atoms with E-state index in [1.807, 2.05) is 12.1 Å². The first-order chi connectivity index (χ1) is 10.2. The van der Waals surface area contributed by atoms with Crippen molar-refractivity contribution in [1.82, 2.24) is 9.97 Å². The van der Waals surface area contributed by atoms with Gasteiger partial charge in [0.1, 0.15) is 23.0 Å². The van der Waals surface area contributed by atoms with E-state index in [2.05, 4.69) is 9.97 Å². The van der Waals surface area contributed by atoms with Crippen LogP contribution < -0.4 is 9.47 Å². The average molecular weight is 290 g/mol. The fourth-order valence-electron chi connectivity index (χ4n) is 1.93. The minimum absolute atomic E-state index is 0.334. The van der Waals surface area contributed by atoms with Gasteiger partial charge in [-0.2, -0.15) is 0 Å².